The SMILES string of the molecule is CC1CCC(OC2CCCS2)CC1. The lowest BCUT2D eigenvalue weighted by Gasteiger charge is -2.28. The van der Waals surface area contributed by atoms with E-state index in [4.69, 9.17) is 4.74 Å². The molecule has 0 spiro atoms. The molecule has 2 heteroatoms. The monoisotopic (exact) mass is 200 g/mol. The van der Waals surface area contributed by atoms with Crippen molar-refractivity contribution < 1.29 is 4.74 Å². The second-order valence-corrected chi connectivity index (χ2v) is 5.73. The average molecular weight is 200 g/mol. The van der Waals surface area contributed by atoms with Gasteiger partial charge in [0.1, 0.15) is 5.44 Å². The second-order valence-electron chi connectivity index (χ2n) is 4.46. The minimum atomic E-state index is 0.540. The summed E-state index contributed by atoms with van der Waals surface area (Å²) in [6.45, 7) is 2.36. The first-order valence-corrected chi connectivity index (χ1v) is 6.66. The fraction of sp³-hybridized carbons (Fsp3) is 1.00. The molecule has 1 nitrogen and oxygen atoms in total. The molecule has 1 atom stereocenters. The van der Waals surface area contributed by atoms with E-state index in [2.05, 4.69) is 6.92 Å². The van der Waals surface area contributed by atoms with Crippen LogP contribution in [0.3, 0.4) is 0 Å². The lowest BCUT2D eigenvalue weighted by molar-refractivity contribution is 0.00426. The average Bonchev–Trinajstić information content (AvgIpc) is 2.62. The third-order valence-corrected chi connectivity index (χ3v) is 4.44. The van der Waals surface area contributed by atoms with Gasteiger partial charge < -0.3 is 4.74 Å². The molecule has 0 aromatic carbocycles. The third kappa shape index (κ3) is 2.88. The molecule has 1 saturated heterocycles. The van der Waals surface area contributed by atoms with Crippen LogP contribution in [0.5, 0.6) is 0 Å². The van der Waals surface area contributed by atoms with Crippen LogP contribution in [-0.4, -0.2) is 17.3 Å². The first-order chi connectivity index (χ1) is 6.34. The number of rotatable bonds is 2. The highest BCUT2D eigenvalue weighted by molar-refractivity contribution is 8.00. The Morgan fingerprint density at radius 2 is 1.85 bits per heavy atom. The minimum absolute atomic E-state index is 0.540. The standard InChI is InChI=1S/C11H20OS/c1-9-4-6-10(7-5-9)12-11-3-2-8-13-11/h9-11H,2-8H2,1H3. The summed E-state index contributed by atoms with van der Waals surface area (Å²) in [6.07, 6.45) is 8.60. The van der Waals surface area contributed by atoms with E-state index in [0.717, 1.165) is 5.92 Å². The van der Waals surface area contributed by atoms with Crippen molar-refractivity contribution in [1.29, 1.82) is 0 Å². The van der Waals surface area contributed by atoms with E-state index in [1.54, 1.807) is 0 Å². The van der Waals surface area contributed by atoms with E-state index >= 15 is 0 Å². The van der Waals surface area contributed by atoms with E-state index < -0.39 is 0 Å². The molecular weight excluding hydrogens is 180 g/mol. The number of hydrogen-bond acceptors (Lipinski definition) is 2. The van der Waals surface area contributed by atoms with E-state index in [0.29, 0.717) is 11.5 Å². The molecule has 0 amide bonds. The number of hydrogen-bond donors (Lipinski definition) is 0. The van der Waals surface area contributed by atoms with Crippen LogP contribution in [0.25, 0.3) is 0 Å². The number of thioether (sulfide) groups is 1. The molecule has 2 rings (SSSR count). The van der Waals surface area contributed by atoms with Crippen LogP contribution in [0.4, 0.5) is 0 Å². The number of ether oxygens (including phenoxy) is 1. The summed E-state index contributed by atoms with van der Waals surface area (Å²) in [7, 11) is 0. The molecule has 0 aromatic rings. The normalized spacial score (nSPS) is 40.8. The van der Waals surface area contributed by atoms with Crippen molar-refractivity contribution in [3.8, 4) is 0 Å². The molecule has 1 heterocycles. The Morgan fingerprint density at radius 1 is 1.08 bits per heavy atom. The van der Waals surface area contributed by atoms with Gasteiger partial charge in [0.05, 0.1) is 6.10 Å². The summed E-state index contributed by atoms with van der Waals surface area (Å²) < 4.78 is 6.06. The van der Waals surface area contributed by atoms with Gasteiger partial charge >= 0.3 is 0 Å². The van der Waals surface area contributed by atoms with Gasteiger partial charge in [0.25, 0.3) is 0 Å². The van der Waals surface area contributed by atoms with E-state index in [9.17, 15) is 0 Å². The molecule has 13 heavy (non-hydrogen) atoms. The zero-order valence-corrected chi connectivity index (χ0v) is 9.31. The van der Waals surface area contributed by atoms with Crippen LogP contribution in [0.2, 0.25) is 0 Å². The molecule has 0 bridgehead atoms. The smallest absolute Gasteiger partial charge is 0.103 e. The van der Waals surface area contributed by atoms with Crippen molar-refractivity contribution in [2.75, 3.05) is 5.75 Å². The summed E-state index contributed by atoms with van der Waals surface area (Å²) in [4.78, 5) is 0. The third-order valence-electron chi connectivity index (χ3n) is 3.20. The highest BCUT2D eigenvalue weighted by Gasteiger charge is 2.24. The zero-order chi connectivity index (χ0) is 9.10. The van der Waals surface area contributed by atoms with Crippen LogP contribution in [0.1, 0.15) is 45.4 Å². The summed E-state index contributed by atoms with van der Waals surface area (Å²) in [5, 5.41) is 0. The summed E-state index contributed by atoms with van der Waals surface area (Å²) >= 11 is 2.01. The van der Waals surface area contributed by atoms with Crippen LogP contribution < -0.4 is 0 Å². The highest BCUT2D eigenvalue weighted by Crippen LogP contribution is 2.32. The largest absolute Gasteiger partial charge is 0.364 e. The van der Waals surface area contributed by atoms with Crippen molar-refractivity contribution in [1.82, 2.24) is 0 Å². The maximum Gasteiger partial charge on any atom is 0.103 e. The first-order valence-electron chi connectivity index (χ1n) is 5.61. The van der Waals surface area contributed by atoms with Gasteiger partial charge in [-0.3, -0.25) is 0 Å². The lowest BCUT2D eigenvalue weighted by atomic mass is 9.89. The van der Waals surface area contributed by atoms with Gasteiger partial charge in [-0.25, -0.2) is 0 Å². The molecule has 1 aliphatic carbocycles. The van der Waals surface area contributed by atoms with E-state index in [-0.39, 0.29) is 0 Å². The van der Waals surface area contributed by atoms with Crippen LogP contribution >= 0.6 is 11.8 Å². The van der Waals surface area contributed by atoms with Crippen LogP contribution in [0.15, 0.2) is 0 Å². The molecule has 0 aromatic heterocycles. The zero-order valence-electron chi connectivity index (χ0n) is 8.50. The quantitative estimate of drug-likeness (QED) is 0.675. The van der Waals surface area contributed by atoms with Gasteiger partial charge in [-0.1, -0.05) is 6.92 Å². The maximum absolute atomic E-state index is 6.06. The van der Waals surface area contributed by atoms with Crippen molar-refractivity contribution in [2.24, 2.45) is 5.92 Å². The second kappa shape index (κ2) is 4.70. The first kappa shape index (κ1) is 9.85. The van der Waals surface area contributed by atoms with Crippen molar-refractivity contribution >= 4 is 11.8 Å². The highest BCUT2D eigenvalue weighted by atomic mass is 32.2. The fourth-order valence-corrected chi connectivity index (χ4v) is 3.40. The Labute approximate surface area is 85.6 Å². The topological polar surface area (TPSA) is 9.23 Å². The summed E-state index contributed by atoms with van der Waals surface area (Å²) in [5.41, 5.74) is 0.540. The lowest BCUT2D eigenvalue weighted by Crippen LogP contribution is -2.23. The summed E-state index contributed by atoms with van der Waals surface area (Å²) in [5.74, 6) is 2.25. The fourth-order valence-electron chi connectivity index (χ4n) is 2.24. The molecule has 2 aliphatic rings. The predicted molar refractivity (Wildman–Crippen MR) is 58.0 cm³/mol. The Morgan fingerprint density at radius 3 is 2.46 bits per heavy atom. The Hall–Kier alpha value is 0.310. The van der Waals surface area contributed by atoms with E-state index in [1.165, 1.54) is 44.3 Å². The Kier molecular flexibility index (Phi) is 3.56. The van der Waals surface area contributed by atoms with Gasteiger partial charge in [-0.2, -0.15) is 0 Å². The van der Waals surface area contributed by atoms with E-state index in [1.807, 2.05) is 11.8 Å². The molecule has 0 radical (unpaired) electrons. The molecule has 2 fully saturated rings. The van der Waals surface area contributed by atoms with Crippen molar-refractivity contribution in [3.63, 3.8) is 0 Å². The van der Waals surface area contributed by atoms with Crippen LogP contribution in [-0.2, 0) is 4.74 Å². The molecular formula is C11H20OS. The molecule has 1 unspecified atom stereocenters. The van der Waals surface area contributed by atoms with Crippen molar-refractivity contribution in [3.05, 3.63) is 0 Å². The van der Waals surface area contributed by atoms with Crippen LogP contribution in [0, 0.1) is 5.92 Å². The maximum atomic E-state index is 6.06. The molecule has 76 valence electrons. The summed E-state index contributed by atoms with van der Waals surface area (Å²) in [6, 6.07) is 0. The predicted octanol–water partition coefficient (Wildman–Crippen LogP) is 3.43. The van der Waals surface area contributed by atoms with Gasteiger partial charge in [-0.15, -0.1) is 11.8 Å². The Balaban J connectivity index is 1.69. The molecule has 1 aliphatic heterocycles. The van der Waals surface area contributed by atoms with Gasteiger partial charge in [0.15, 0.2) is 0 Å². The van der Waals surface area contributed by atoms with Gasteiger partial charge in [-0.05, 0) is 50.2 Å². The molecule has 1 saturated carbocycles. The van der Waals surface area contributed by atoms with Gasteiger partial charge in [0, 0.05) is 0 Å². The molecule has 0 N–H and O–H groups in total. The minimum Gasteiger partial charge on any atom is -0.364 e. The Bertz CT molecular complexity index is 146. The van der Waals surface area contributed by atoms with Crippen molar-refractivity contribution in [2.45, 2.75) is 57.0 Å². The van der Waals surface area contributed by atoms with Gasteiger partial charge in [0.2, 0.25) is 0 Å².